The van der Waals surface area contributed by atoms with E-state index < -0.39 is 17.8 Å². The molecule has 1 heterocycles. The minimum absolute atomic E-state index is 0.0351. The van der Waals surface area contributed by atoms with E-state index in [-0.39, 0.29) is 22.9 Å². The Labute approximate surface area is 201 Å². The lowest BCUT2D eigenvalue weighted by Gasteiger charge is -2.30. The monoisotopic (exact) mass is 471 g/mol. The molecule has 34 heavy (non-hydrogen) atoms. The Morgan fingerprint density at radius 2 is 1.79 bits per heavy atom. The number of anilines is 1. The van der Waals surface area contributed by atoms with Crippen LogP contribution in [0.25, 0.3) is 6.08 Å². The number of nitrogens with zero attached hydrogens (tertiary/aromatic N) is 1. The molecule has 170 valence electrons. The van der Waals surface area contributed by atoms with Crippen LogP contribution in [0.5, 0.6) is 5.75 Å². The summed E-state index contributed by atoms with van der Waals surface area (Å²) in [6.07, 6.45) is 1.50. The smallest absolute Gasteiger partial charge is 0.270 e. The first-order valence-electron chi connectivity index (χ1n) is 10.3. The number of carboxylic acid groups (broad SMARTS) is 1. The molecule has 0 aliphatic carbocycles. The second-order valence-electron chi connectivity index (χ2n) is 7.59. The van der Waals surface area contributed by atoms with E-state index >= 15 is 0 Å². The van der Waals surface area contributed by atoms with E-state index in [1.165, 1.54) is 23.1 Å². The molecule has 1 aliphatic rings. The molecule has 2 amide bonds. The highest BCUT2D eigenvalue weighted by Crippen LogP contribution is 2.25. The molecular formula is C26H19N2O5S-. The molecule has 7 nitrogen and oxygen atoms in total. The summed E-state index contributed by atoms with van der Waals surface area (Å²) in [5.74, 6) is -1.77. The maximum atomic E-state index is 13.1. The van der Waals surface area contributed by atoms with E-state index in [2.05, 4.69) is 5.32 Å². The third-order valence-electron chi connectivity index (χ3n) is 5.22. The van der Waals surface area contributed by atoms with Crippen LogP contribution in [-0.4, -0.2) is 22.9 Å². The minimum atomic E-state index is -1.25. The Morgan fingerprint density at radius 1 is 1.06 bits per heavy atom. The van der Waals surface area contributed by atoms with Crippen molar-refractivity contribution >= 4 is 46.9 Å². The van der Waals surface area contributed by atoms with Crippen molar-refractivity contribution in [3.8, 4) is 5.75 Å². The largest absolute Gasteiger partial charge is 0.545 e. The summed E-state index contributed by atoms with van der Waals surface area (Å²) in [6.45, 7) is 2.03. The topological polar surface area (TPSA) is 98.8 Å². The number of ether oxygens (including phenoxy) is 1. The van der Waals surface area contributed by atoms with Crippen molar-refractivity contribution in [1.29, 1.82) is 0 Å². The molecular weight excluding hydrogens is 452 g/mol. The van der Waals surface area contributed by atoms with Crippen LogP contribution in [0.3, 0.4) is 0 Å². The first-order valence-corrected chi connectivity index (χ1v) is 10.7. The quantitative estimate of drug-likeness (QED) is 0.337. The molecule has 0 aromatic heterocycles. The predicted molar refractivity (Wildman–Crippen MR) is 129 cm³/mol. The molecule has 3 aromatic carbocycles. The van der Waals surface area contributed by atoms with E-state index in [4.69, 9.17) is 17.0 Å². The summed E-state index contributed by atoms with van der Waals surface area (Å²) in [6, 6.07) is 20.4. The highest BCUT2D eigenvalue weighted by Gasteiger charge is 2.34. The van der Waals surface area contributed by atoms with Gasteiger partial charge in [-0.2, -0.15) is 0 Å². The Morgan fingerprint density at radius 3 is 2.50 bits per heavy atom. The second-order valence-corrected chi connectivity index (χ2v) is 7.98. The van der Waals surface area contributed by atoms with Gasteiger partial charge >= 0.3 is 0 Å². The normalized spacial score (nSPS) is 14.8. The number of aromatic carboxylic acids is 1. The minimum Gasteiger partial charge on any atom is -0.545 e. The Balaban J connectivity index is 1.51. The van der Waals surface area contributed by atoms with Gasteiger partial charge in [0.15, 0.2) is 5.11 Å². The number of aryl methyl sites for hydroxylation is 1. The van der Waals surface area contributed by atoms with Crippen LogP contribution in [0.15, 0.2) is 78.4 Å². The number of carboxylic acids is 1. The van der Waals surface area contributed by atoms with Crippen LogP contribution >= 0.6 is 12.2 Å². The number of hydrogen-bond acceptors (Lipinski definition) is 6. The first-order chi connectivity index (χ1) is 16.3. The van der Waals surface area contributed by atoms with E-state index in [1.807, 2.05) is 19.1 Å². The summed E-state index contributed by atoms with van der Waals surface area (Å²) >= 11 is 5.24. The fourth-order valence-corrected chi connectivity index (χ4v) is 3.75. The number of para-hydroxylation sites is 1. The van der Waals surface area contributed by atoms with Crippen LogP contribution in [0.2, 0.25) is 0 Å². The zero-order valence-corrected chi connectivity index (χ0v) is 18.9. The number of benzene rings is 3. The molecule has 1 N–H and O–H groups in total. The maximum Gasteiger partial charge on any atom is 0.270 e. The molecule has 0 unspecified atom stereocenters. The molecule has 0 radical (unpaired) electrons. The zero-order valence-electron chi connectivity index (χ0n) is 18.1. The van der Waals surface area contributed by atoms with Crippen molar-refractivity contribution in [2.45, 2.75) is 13.5 Å². The van der Waals surface area contributed by atoms with E-state index in [0.29, 0.717) is 22.6 Å². The molecule has 3 aromatic rings. The van der Waals surface area contributed by atoms with Gasteiger partial charge in [-0.15, -0.1) is 0 Å². The molecule has 0 atom stereocenters. The molecule has 0 bridgehead atoms. The van der Waals surface area contributed by atoms with Crippen molar-refractivity contribution in [1.82, 2.24) is 5.32 Å². The van der Waals surface area contributed by atoms with Crippen molar-refractivity contribution in [3.63, 3.8) is 0 Å². The molecule has 0 spiro atoms. The second kappa shape index (κ2) is 9.68. The van der Waals surface area contributed by atoms with Crippen LogP contribution in [0.4, 0.5) is 5.69 Å². The Hall–Kier alpha value is -4.30. The van der Waals surface area contributed by atoms with E-state index in [0.717, 1.165) is 5.56 Å². The molecule has 0 saturated carbocycles. The zero-order chi connectivity index (χ0) is 24.2. The third-order valence-corrected chi connectivity index (χ3v) is 5.50. The fourth-order valence-electron chi connectivity index (χ4n) is 3.47. The van der Waals surface area contributed by atoms with Gasteiger partial charge < -0.3 is 14.6 Å². The number of rotatable bonds is 6. The maximum absolute atomic E-state index is 13.1. The summed E-state index contributed by atoms with van der Waals surface area (Å²) < 4.78 is 5.71. The van der Waals surface area contributed by atoms with E-state index in [1.54, 1.807) is 48.5 Å². The Bertz CT molecular complexity index is 1330. The highest BCUT2D eigenvalue weighted by atomic mass is 32.1. The lowest BCUT2D eigenvalue weighted by Crippen LogP contribution is -2.54. The Kier molecular flexibility index (Phi) is 6.51. The van der Waals surface area contributed by atoms with Crippen LogP contribution in [0.1, 0.15) is 27.0 Å². The van der Waals surface area contributed by atoms with E-state index in [9.17, 15) is 19.5 Å². The number of nitrogens with one attached hydrogen (secondary N) is 1. The van der Waals surface area contributed by atoms with Crippen LogP contribution in [-0.2, 0) is 16.2 Å². The first kappa shape index (κ1) is 22.9. The van der Waals surface area contributed by atoms with Crippen LogP contribution < -0.4 is 20.1 Å². The van der Waals surface area contributed by atoms with Gasteiger partial charge in [-0.1, -0.05) is 48.5 Å². The lowest BCUT2D eigenvalue weighted by atomic mass is 10.1. The van der Waals surface area contributed by atoms with Crippen molar-refractivity contribution in [2.75, 3.05) is 4.90 Å². The van der Waals surface area contributed by atoms with Gasteiger partial charge in [-0.25, -0.2) is 0 Å². The van der Waals surface area contributed by atoms with Gasteiger partial charge in [0.1, 0.15) is 17.9 Å². The highest BCUT2D eigenvalue weighted by molar-refractivity contribution is 7.80. The third kappa shape index (κ3) is 4.87. The number of thiocarbonyl (C=S) groups is 1. The molecule has 1 aliphatic heterocycles. The van der Waals surface area contributed by atoms with Gasteiger partial charge in [-0.3, -0.25) is 19.8 Å². The molecule has 1 saturated heterocycles. The van der Waals surface area contributed by atoms with Crippen molar-refractivity contribution < 1.29 is 24.2 Å². The number of carbonyl (C=O) groups excluding carboxylic acids is 3. The number of amides is 2. The fraction of sp³-hybridized carbons (Fsp3) is 0.0769. The van der Waals surface area contributed by atoms with Gasteiger partial charge in [0.25, 0.3) is 11.8 Å². The molecule has 4 rings (SSSR count). The van der Waals surface area contributed by atoms with Crippen LogP contribution in [0, 0.1) is 6.92 Å². The van der Waals surface area contributed by atoms with Gasteiger partial charge in [-0.05, 0) is 71.7 Å². The van der Waals surface area contributed by atoms with Crippen molar-refractivity contribution in [3.05, 3.63) is 101 Å². The average molecular weight is 472 g/mol. The van der Waals surface area contributed by atoms with Gasteiger partial charge in [0.2, 0.25) is 0 Å². The summed E-state index contributed by atoms with van der Waals surface area (Å²) in [5.41, 5.74) is 2.81. The predicted octanol–water partition coefficient (Wildman–Crippen LogP) is 2.77. The van der Waals surface area contributed by atoms with Gasteiger partial charge in [0.05, 0.1) is 11.7 Å². The molecule has 1 fully saturated rings. The van der Waals surface area contributed by atoms with Crippen molar-refractivity contribution in [2.24, 2.45) is 0 Å². The van der Waals surface area contributed by atoms with Gasteiger partial charge in [0, 0.05) is 0 Å². The SMILES string of the molecule is Cc1ccccc1N1C(=O)/C(=C/c2ccc(OCc3cccc(C(=O)[O-])c3)cc2)C(=O)NC1=S. The summed E-state index contributed by atoms with van der Waals surface area (Å²) in [5, 5.41) is 13.6. The summed E-state index contributed by atoms with van der Waals surface area (Å²) in [7, 11) is 0. The standard InChI is InChI=1S/C26H20N2O5S/c1-16-5-2-3-8-22(16)28-24(30)21(23(29)27-26(28)34)14-17-9-11-20(12-10-17)33-15-18-6-4-7-19(13-18)25(31)32/h2-14H,15H2,1H3,(H,31,32)(H,27,29,34)/p-1/b21-14+. The summed E-state index contributed by atoms with van der Waals surface area (Å²) in [4.78, 5) is 37.9. The average Bonchev–Trinajstić information content (AvgIpc) is 2.82. The molecule has 8 heteroatoms. The number of carbonyl (C=O) groups is 3. The lowest BCUT2D eigenvalue weighted by molar-refractivity contribution is -0.255. The number of hydrogen-bond donors (Lipinski definition) is 1.